The second-order valence-corrected chi connectivity index (χ2v) is 9.87. The molecule has 0 radical (unpaired) electrons. The van der Waals surface area contributed by atoms with Crippen LogP contribution in [0.15, 0.2) is 24.3 Å². The first-order valence-corrected chi connectivity index (χ1v) is 12.4. The maximum atomic E-state index is 13.5. The number of nitrogens with zero attached hydrogens (tertiary/aromatic N) is 4. The lowest BCUT2D eigenvalue weighted by molar-refractivity contribution is -0.149. The van der Waals surface area contributed by atoms with Crippen molar-refractivity contribution in [2.24, 2.45) is 5.92 Å². The van der Waals surface area contributed by atoms with Crippen LogP contribution in [0.1, 0.15) is 38.7 Å². The van der Waals surface area contributed by atoms with Crippen LogP contribution in [0.5, 0.6) is 5.88 Å². The lowest BCUT2D eigenvalue weighted by Crippen LogP contribution is -2.54. The average Bonchev–Trinajstić information content (AvgIpc) is 3.27. The van der Waals surface area contributed by atoms with Gasteiger partial charge in [-0.1, -0.05) is 32.1 Å². The average molecular weight is 512 g/mol. The molecule has 1 aromatic heterocycles. The highest BCUT2D eigenvalue weighted by molar-refractivity contribution is 5.90. The number of ether oxygens (including phenoxy) is 2. The van der Waals surface area contributed by atoms with Crippen molar-refractivity contribution in [3.63, 3.8) is 0 Å². The van der Waals surface area contributed by atoms with Crippen LogP contribution in [0, 0.1) is 5.92 Å². The second-order valence-electron chi connectivity index (χ2n) is 9.87. The van der Waals surface area contributed by atoms with E-state index in [1.165, 1.54) is 4.90 Å². The number of anilines is 1. The maximum Gasteiger partial charge on any atom is 0.407 e. The van der Waals surface area contributed by atoms with Crippen LogP contribution in [0.4, 0.5) is 10.7 Å². The van der Waals surface area contributed by atoms with E-state index in [4.69, 9.17) is 9.47 Å². The highest BCUT2D eigenvalue weighted by Crippen LogP contribution is 2.31. The number of allylic oxidation sites excluding steroid dienone is 1. The van der Waals surface area contributed by atoms with E-state index >= 15 is 0 Å². The molecule has 11 nitrogen and oxygen atoms in total. The number of fused-ring (bicyclic) bond motifs is 3. The van der Waals surface area contributed by atoms with Crippen molar-refractivity contribution < 1.29 is 29.0 Å². The Balaban J connectivity index is 1.75. The Bertz CT molecular complexity index is 1210. The molecule has 3 atom stereocenters. The fraction of sp³-hybridized carbons (Fsp3) is 0.500. The SMILES string of the molecule is CC(C)[C@@H]1NC(=O)OCCC/C=C/c2ccc3nc(N(C)C)nc(c3c2)O[C@@H]2C[C@@H](C(=O)O)N(C2)C1=O. The lowest BCUT2D eigenvalue weighted by atomic mass is 10.0. The number of amides is 2. The fourth-order valence-corrected chi connectivity index (χ4v) is 4.46. The number of cyclic esters (lactones) is 1. The number of rotatable bonds is 3. The molecule has 198 valence electrons. The summed E-state index contributed by atoms with van der Waals surface area (Å²) in [6.07, 6.45) is 4.02. The second kappa shape index (κ2) is 11.0. The molecular weight excluding hydrogens is 478 g/mol. The first-order chi connectivity index (χ1) is 17.6. The monoisotopic (exact) mass is 511 g/mol. The summed E-state index contributed by atoms with van der Waals surface area (Å²) in [5.41, 5.74) is 1.61. The summed E-state index contributed by atoms with van der Waals surface area (Å²) >= 11 is 0. The first kappa shape index (κ1) is 26.2. The van der Waals surface area contributed by atoms with Crippen molar-refractivity contribution in [3.05, 3.63) is 29.8 Å². The van der Waals surface area contributed by atoms with Crippen LogP contribution in [0.25, 0.3) is 17.0 Å². The molecule has 3 heterocycles. The molecule has 0 spiro atoms. The minimum Gasteiger partial charge on any atom is -0.480 e. The first-order valence-electron chi connectivity index (χ1n) is 12.4. The van der Waals surface area contributed by atoms with Gasteiger partial charge in [0.1, 0.15) is 18.2 Å². The van der Waals surface area contributed by atoms with Crippen LogP contribution in [0.2, 0.25) is 0 Å². The zero-order chi connectivity index (χ0) is 26.7. The molecule has 4 rings (SSSR count). The summed E-state index contributed by atoms with van der Waals surface area (Å²) in [7, 11) is 3.65. The van der Waals surface area contributed by atoms with Crippen LogP contribution >= 0.6 is 0 Å². The van der Waals surface area contributed by atoms with Gasteiger partial charge in [0, 0.05) is 20.5 Å². The van der Waals surface area contributed by atoms with Crippen LogP contribution < -0.4 is 15.0 Å². The molecule has 2 amide bonds. The molecule has 0 saturated carbocycles. The van der Waals surface area contributed by atoms with Gasteiger partial charge in [0.2, 0.25) is 17.7 Å². The molecule has 0 unspecified atom stereocenters. The van der Waals surface area contributed by atoms with Gasteiger partial charge in [-0.25, -0.2) is 14.6 Å². The number of carboxylic acid groups (broad SMARTS) is 1. The van der Waals surface area contributed by atoms with E-state index in [0.29, 0.717) is 35.6 Å². The molecule has 4 bridgehead atoms. The number of benzene rings is 1. The van der Waals surface area contributed by atoms with Crippen molar-refractivity contribution in [2.75, 3.05) is 32.1 Å². The third kappa shape index (κ3) is 5.92. The van der Waals surface area contributed by atoms with Gasteiger partial charge >= 0.3 is 12.1 Å². The van der Waals surface area contributed by atoms with Gasteiger partial charge in [-0.3, -0.25) is 4.79 Å². The third-order valence-corrected chi connectivity index (χ3v) is 6.45. The van der Waals surface area contributed by atoms with Gasteiger partial charge in [0.15, 0.2) is 0 Å². The van der Waals surface area contributed by atoms with Gasteiger partial charge in [0.05, 0.1) is 24.1 Å². The predicted octanol–water partition coefficient (Wildman–Crippen LogP) is 2.69. The zero-order valence-electron chi connectivity index (χ0n) is 21.5. The summed E-state index contributed by atoms with van der Waals surface area (Å²) in [5.74, 6) is -1.12. The highest BCUT2D eigenvalue weighted by Gasteiger charge is 2.44. The Morgan fingerprint density at radius 2 is 2.03 bits per heavy atom. The fourth-order valence-electron chi connectivity index (χ4n) is 4.46. The van der Waals surface area contributed by atoms with Crippen molar-refractivity contribution in [3.8, 4) is 5.88 Å². The van der Waals surface area contributed by atoms with Crippen LogP contribution in [-0.2, 0) is 14.3 Å². The Hall–Kier alpha value is -3.89. The third-order valence-electron chi connectivity index (χ3n) is 6.45. The van der Waals surface area contributed by atoms with Crippen molar-refractivity contribution in [1.29, 1.82) is 0 Å². The number of carbonyl (C=O) groups is 3. The van der Waals surface area contributed by atoms with Gasteiger partial charge in [-0.15, -0.1) is 0 Å². The van der Waals surface area contributed by atoms with E-state index in [1.807, 2.05) is 44.4 Å². The molecule has 11 heteroatoms. The molecule has 2 aliphatic rings. The minimum absolute atomic E-state index is 0.0398. The number of hydrogen-bond acceptors (Lipinski definition) is 8. The predicted molar refractivity (Wildman–Crippen MR) is 137 cm³/mol. The van der Waals surface area contributed by atoms with E-state index in [-0.39, 0.29) is 25.5 Å². The maximum absolute atomic E-state index is 13.5. The largest absolute Gasteiger partial charge is 0.480 e. The van der Waals surface area contributed by atoms with E-state index in [1.54, 1.807) is 18.7 Å². The van der Waals surface area contributed by atoms with Gasteiger partial charge in [-0.2, -0.15) is 4.98 Å². The summed E-state index contributed by atoms with van der Waals surface area (Å²) in [5, 5.41) is 13.2. The zero-order valence-corrected chi connectivity index (χ0v) is 21.5. The van der Waals surface area contributed by atoms with Crippen molar-refractivity contribution >= 4 is 40.9 Å². The molecule has 1 fully saturated rings. The molecule has 0 aliphatic carbocycles. The van der Waals surface area contributed by atoms with Gasteiger partial charge in [0.25, 0.3) is 0 Å². The quantitative estimate of drug-likeness (QED) is 0.638. The number of carboxylic acids is 1. The molecule has 2 N–H and O–H groups in total. The number of aliphatic carboxylic acids is 1. The van der Waals surface area contributed by atoms with E-state index < -0.39 is 36.2 Å². The standard InChI is InChI=1S/C26H33N5O6/c1-15(2)21-23(32)31-14-17(13-20(31)24(33)34)37-22-18-12-16(8-6-5-7-11-36-26(35)28-21)9-10-19(18)27-25(29-22)30(3)4/h6,8-10,12,15,17,20-21H,5,7,11,13-14H2,1-4H3,(H,28,35)(H,33,34)/b8-6+/t17-,20+,21+/m1/s1. The Labute approximate surface area is 215 Å². The number of aromatic nitrogens is 2. The van der Waals surface area contributed by atoms with Crippen molar-refractivity contribution in [1.82, 2.24) is 20.2 Å². The Morgan fingerprint density at radius 3 is 2.73 bits per heavy atom. The molecule has 37 heavy (non-hydrogen) atoms. The smallest absolute Gasteiger partial charge is 0.407 e. The highest BCUT2D eigenvalue weighted by atomic mass is 16.5. The molecule has 1 aromatic carbocycles. The molecule has 1 saturated heterocycles. The number of carbonyl (C=O) groups excluding carboxylic acids is 2. The van der Waals surface area contributed by atoms with Crippen LogP contribution in [-0.4, -0.2) is 83.4 Å². The number of hydrogen-bond donors (Lipinski definition) is 2. The van der Waals surface area contributed by atoms with Crippen LogP contribution in [0.3, 0.4) is 0 Å². The molecular formula is C26H33N5O6. The van der Waals surface area contributed by atoms with Gasteiger partial charge in [-0.05, 0) is 36.5 Å². The molecule has 2 aromatic rings. The normalized spacial score (nSPS) is 23.7. The number of nitrogens with one attached hydrogen (secondary N) is 1. The minimum atomic E-state index is -1.13. The molecule has 2 aliphatic heterocycles. The lowest BCUT2D eigenvalue weighted by Gasteiger charge is -2.29. The Kier molecular flexibility index (Phi) is 7.80. The van der Waals surface area contributed by atoms with E-state index in [0.717, 1.165) is 5.56 Å². The number of alkyl carbamates (subject to hydrolysis) is 1. The summed E-state index contributed by atoms with van der Waals surface area (Å²) < 4.78 is 11.5. The topological polar surface area (TPSA) is 134 Å². The van der Waals surface area contributed by atoms with E-state index in [9.17, 15) is 19.5 Å². The Morgan fingerprint density at radius 1 is 1.24 bits per heavy atom. The summed E-state index contributed by atoms with van der Waals surface area (Å²) in [6, 6.07) is 3.72. The summed E-state index contributed by atoms with van der Waals surface area (Å²) in [4.78, 5) is 50.2. The van der Waals surface area contributed by atoms with Gasteiger partial charge < -0.3 is 29.7 Å². The van der Waals surface area contributed by atoms with Crippen molar-refractivity contribution in [2.45, 2.75) is 51.3 Å². The summed E-state index contributed by atoms with van der Waals surface area (Å²) in [6.45, 7) is 3.80. The van der Waals surface area contributed by atoms with E-state index in [2.05, 4.69) is 15.3 Å².